The zero-order chi connectivity index (χ0) is 23.5. The number of fused-ring (bicyclic) bond motifs is 2. The van der Waals surface area contributed by atoms with Gasteiger partial charge in [-0.15, -0.1) is 0 Å². The predicted octanol–water partition coefficient (Wildman–Crippen LogP) is 5.71. The number of hydrogen-bond donors (Lipinski definition) is 3. The van der Waals surface area contributed by atoms with Gasteiger partial charge in [-0.25, -0.2) is 9.97 Å². The van der Waals surface area contributed by atoms with Gasteiger partial charge in [0, 0.05) is 11.1 Å². The van der Waals surface area contributed by atoms with Gasteiger partial charge in [0.05, 0.1) is 22.1 Å². The highest BCUT2D eigenvalue weighted by Crippen LogP contribution is 2.27. The highest BCUT2D eigenvalue weighted by molar-refractivity contribution is 7.85. The number of nitrogens with zero attached hydrogens (tertiary/aromatic N) is 2. The molecule has 8 heteroatoms. The summed E-state index contributed by atoms with van der Waals surface area (Å²) in [6, 6.07) is 33.1. The molecule has 7 nitrogen and oxygen atoms in total. The molecule has 0 atom stereocenters. The molecule has 0 fully saturated rings. The second-order valence-electron chi connectivity index (χ2n) is 7.55. The zero-order valence-electron chi connectivity index (χ0n) is 17.9. The monoisotopic (exact) mass is 468 g/mol. The minimum Gasteiger partial charge on any atom is -0.338 e. The van der Waals surface area contributed by atoms with Gasteiger partial charge < -0.3 is 9.97 Å². The number of para-hydroxylation sites is 3. The molecular weight excluding hydrogens is 448 g/mol. The second-order valence-corrected chi connectivity index (χ2v) is 8.89. The summed E-state index contributed by atoms with van der Waals surface area (Å²) >= 11 is 0. The topological polar surface area (TPSA) is 112 Å². The van der Waals surface area contributed by atoms with Gasteiger partial charge in [-0.1, -0.05) is 84.9 Å². The van der Waals surface area contributed by atoms with E-state index in [4.69, 9.17) is 4.55 Å². The summed E-state index contributed by atoms with van der Waals surface area (Å²) in [7, 11) is -4.33. The molecule has 6 aromatic rings. The molecule has 168 valence electrons. The maximum absolute atomic E-state index is 11.1. The van der Waals surface area contributed by atoms with Gasteiger partial charge in [0.15, 0.2) is 0 Å². The first-order valence-corrected chi connectivity index (χ1v) is 11.9. The van der Waals surface area contributed by atoms with E-state index in [9.17, 15) is 8.42 Å². The van der Waals surface area contributed by atoms with Gasteiger partial charge in [-0.2, -0.15) is 8.42 Å². The molecule has 0 radical (unpaired) electrons. The van der Waals surface area contributed by atoms with E-state index in [2.05, 4.69) is 32.1 Å². The molecule has 0 amide bonds. The fourth-order valence-corrected chi connectivity index (χ4v) is 4.11. The van der Waals surface area contributed by atoms with Crippen LogP contribution in [0.4, 0.5) is 0 Å². The quantitative estimate of drug-likeness (QED) is 0.288. The van der Waals surface area contributed by atoms with Crippen molar-refractivity contribution in [1.29, 1.82) is 0 Å². The van der Waals surface area contributed by atoms with Gasteiger partial charge in [0.2, 0.25) is 0 Å². The maximum atomic E-state index is 11.1. The summed E-state index contributed by atoms with van der Waals surface area (Å²) in [5, 5.41) is -0.439. The van der Waals surface area contributed by atoms with E-state index >= 15 is 0 Å². The average Bonchev–Trinajstić information content (AvgIpc) is 3.50. The van der Waals surface area contributed by atoms with Crippen LogP contribution in [-0.2, 0) is 10.1 Å². The number of rotatable bonds is 3. The first-order valence-electron chi connectivity index (χ1n) is 10.5. The fraction of sp³-hybridized carbons (Fsp3) is 0. The molecule has 6 rings (SSSR count). The van der Waals surface area contributed by atoms with Crippen LogP contribution in [0, 0.1) is 0 Å². The van der Waals surface area contributed by atoms with Crippen molar-refractivity contribution in [3.63, 3.8) is 0 Å². The molecule has 0 saturated carbocycles. The molecule has 0 aliphatic rings. The molecule has 0 bridgehead atoms. The van der Waals surface area contributed by atoms with Crippen LogP contribution < -0.4 is 0 Å². The van der Waals surface area contributed by atoms with Crippen LogP contribution >= 0.6 is 0 Å². The van der Waals surface area contributed by atoms with Gasteiger partial charge in [0.25, 0.3) is 5.16 Å². The number of H-pyrrole nitrogens is 2. The molecule has 4 aromatic carbocycles. The molecule has 0 saturated heterocycles. The Morgan fingerprint density at radius 1 is 0.618 bits per heavy atom. The summed E-state index contributed by atoms with van der Waals surface area (Å²) in [6.07, 6.45) is 0. The molecule has 34 heavy (non-hydrogen) atoms. The molecule has 3 N–H and O–H groups in total. The summed E-state index contributed by atoms with van der Waals surface area (Å²) in [6.45, 7) is 0. The summed E-state index contributed by atoms with van der Waals surface area (Å²) in [4.78, 5) is 14.4. The van der Waals surface area contributed by atoms with Crippen LogP contribution in [0.15, 0.2) is 108 Å². The van der Waals surface area contributed by atoms with E-state index in [0.717, 1.165) is 33.5 Å². The first kappa shape index (κ1) is 21.6. The van der Waals surface area contributed by atoms with Crippen LogP contribution in [0.2, 0.25) is 0 Å². The van der Waals surface area contributed by atoms with Crippen LogP contribution in [0.25, 0.3) is 44.6 Å². The molecule has 0 unspecified atom stereocenters. The van der Waals surface area contributed by atoms with Crippen LogP contribution in [0.3, 0.4) is 0 Å². The Hall–Kier alpha value is -4.27. The fourth-order valence-electron chi connectivity index (χ4n) is 3.67. The van der Waals surface area contributed by atoms with Crippen molar-refractivity contribution in [2.45, 2.75) is 5.16 Å². The summed E-state index contributed by atoms with van der Waals surface area (Å²) in [5.41, 5.74) is 6.03. The van der Waals surface area contributed by atoms with E-state index in [0.29, 0.717) is 11.0 Å². The minimum absolute atomic E-state index is 0.439. The smallest absolute Gasteiger partial charge is 0.328 e. The first-order chi connectivity index (χ1) is 16.5. The van der Waals surface area contributed by atoms with E-state index in [1.165, 1.54) is 0 Å². The molecule has 0 aliphatic heterocycles. The van der Waals surface area contributed by atoms with E-state index in [-0.39, 0.29) is 0 Å². The van der Waals surface area contributed by atoms with Crippen molar-refractivity contribution in [3.8, 4) is 22.5 Å². The Morgan fingerprint density at radius 2 is 1.24 bits per heavy atom. The lowest BCUT2D eigenvalue weighted by atomic mass is 10.0. The summed E-state index contributed by atoms with van der Waals surface area (Å²) < 4.78 is 31.3. The molecule has 0 aliphatic carbocycles. The second kappa shape index (κ2) is 8.93. The predicted molar refractivity (Wildman–Crippen MR) is 133 cm³/mol. The van der Waals surface area contributed by atoms with Crippen molar-refractivity contribution in [1.82, 2.24) is 19.9 Å². The third-order valence-electron chi connectivity index (χ3n) is 5.26. The Labute approximate surface area is 195 Å². The lowest BCUT2D eigenvalue weighted by Crippen LogP contribution is -1.99. The van der Waals surface area contributed by atoms with Crippen molar-refractivity contribution < 1.29 is 13.0 Å². The summed E-state index contributed by atoms with van der Waals surface area (Å²) in [5.74, 6) is 0.928. The van der Waals surface area contributed by atoms with Gasteiger partial charge in [0.1, 0.15) is 5.82 Å². The van der Waals surface area contributed by atoms with E-state index < -0.39 is 15.3 Å². The zero-order valence-corrected chi connectivity index (χ0v) is 18.7. The van der Waals surface area contributed by atoms with Crippen molar-refractivity contribution in [2.24, 2.45) is 0 Å². The third kappa shape index (κ3) is 4.45. The largest absolute Gasteiger partial charge is 0.338 e. The lowest BCUT2D eigenvalue weighted by Gasteiger charge is -2.01. The minimum atomic E-state index is -4.33. The van der Waals surface area contributed by atoms with Crippen LogP contribution in [0.1, 0.15) is 0 Å². The van der Waals surface area contributed by atoms with E-state index in [1.54, 1.807) is 12.1 Å². The van der Waals surface area contributed by atoms with Gasteiger partial charge >= 0.3 is 10.1 Å². The molecular formula is C26H20N4O3S. The molecule has 2 heterocycles. The Morgan fingerprint density at radius 3 is 1.91 bits per heavy atom. The van der Waals surface area contributed by atoms with Crippen molar-refractivity contribution >= 4 is 32.2 Å². The highest BCUT2D eigenvalue weighted by Gasteiger charge is 2.17. The van der Waals surface area contributed by atoms with Gasteiger partial charge in [-0.3, -0.25) is 4.55 Å². The SMILES string of the molecule is O=S(=O)(O)c1nc2c(-c3ccccc3)cccc2[nH]1.c1ccc(-c2nc3ccccc3[nH]2)cc1. The Balaban J connectivity index is 0.000000145. The number of nitrogens with one attached hydrogen (secondary N) is 2. The number of imidazole rings is 2. The Bertz CT molecular complexity index is 1640. The Kier molecular flexibility index (Phi) is 5.67. The molecule has 0 spiro atoms. The normalized spacial score (nSPS) is 11.3. The number of hydrogen-bond acceptors (Lipinski definition) is 4. The van der Waals surface area contributed by atoms with Gasteiger partial charge in [-0.05, 0) is 23.8 Å². The lowest BCUT2D eigenvalue weighted by molar-refractivity contribution is 0.476. The van der Waals surface area contributed by atoms with Crippen LogP contribution in [-0.4, -0.2) is 32.9 Å². The standard InChI is InChI=1S/C13H10N2O3S.C13H10N2/c16-19(17,18)13-14-11-8-4-7-10(12(11)15-13)9-5-2-1-3-6-9;1-2-6-10(7-3-1)13-14-11-8-4-5-9-12(11)15-13/h1-8H,(H,14,15)(H,16,17,18);1-9H,(H,14,15). The number of aromatic amines is 2. The highest BCUT2D eigenvalue weighted by atomic mass is 32.2. The number of benzene rings is 4. The van der Waals surface area contributed by atoms with Crippen molar-refractivity contribution in [2.75, 3.05) is 0 Å². The average molecular weight is 469 g/mol. The van der Waals surface area contributed by atoms with E-state index in [1.807, 2.05) is 78.9 Å². The maximum Gasteiger partial charge on any atom is 0.328 e. The third-order valence-corrected chi connectivity index (χ3v) is 5.94. The van der Waals surface area contributed by atoms with Crippen molar-refractivity contribution in [3.05, 3.63) is 103 Å². The van der Waals surface area contributed by atoms with Crippen LogP contribution in [0.5, 0.6) is 0 Å². The number of aromatic nitrogens is 4. The molecule has 2 aromatic heterocycles.